The predicted molar refractivity (Wildman–Crippen MR) is 222 cm³/mol. The lowest BCUT2D eigenvalue weighted by Crippen LogP contribution is -2.37. The molecule has 3 heterocycles. The summed E-state index contributed by atoms with van der Waals surface area (Å²) in [6.45, 7) is 1.56. The van der Waals surface area contributed by atoms with Crippen molar-refractivity contribution in [1.82, 2.24) is 34.5 Å². The number of rotatable bonds is 9. The number of nitrogens with zero attached hydrogens (tertiary/aromatic N) is 6. The van der Waals surface area contributed by atoms with Gasteiger partial charge in [0.2, 0.25) is 6.08 Å². The van der Waals surface area contributed by atoms with Crippen LogP contribution in [0.1, 0.15) is 91.2 Å². The Morgan fingerprint density at radius 1 is 0.820 bits per heavy atom. The zero-order chi connectivity index (χ0) is 43.6. The van der Waals surface area contributed by atoms with Crippen molar-refractivity contribution in [1.29, 1.82) is 0 Å². The van der Waals surface area contributed by atoms with Gasteiger partial charge in [0.25, 0.3) is 26.0 Å². The number of carbonyl (C=O) groups is 3. The number of aromatic carboxylic acids is 1. The lowest BCUT2D eigenvalue weighted by Gasteiger charge is -2.22. The van der Waals surface area contributed by atoms with E-state index in [1.807, 2.05) is 4.72 Å². The Balaban J connectivity index is 0.000000155. The fourth-order valence-corrected chi connectivity index (χ4v) is 10.1. The summed E-state index contributed by atoms with van der Waals surface area (Å²) < 4.78 is 51.9. The lowest BCUT2D eigenvalue weighted by atomic mass is 9.99. The molecular formula is C40H48N10O9S2. The Bertz CT molecular complexity index is 2640. The molecule has 0 saturated carbocycles. The smallest absolute Gasteiger partial charge is 0.354 e. The average molecular weight is 877 g/mol. The number of aromatic nitrogens is 4. The number of carboxylic acids is 1. The van der Waals surface area contributed by atoms with Gasteiger partial charge in [-0.25, -0.2) is 32.7 Å². The molecule has 5 aliphatic rings. The van der Waals surface area contributed by atoms with Gasteiger partial charge in [-0.05, 0) is 129 Å². The normalized spacial score (nSPS) is 15.9. The number of nitrogens with two attached hydrogens (primary N) is 1. The van der Waals surface area contributed by atoms with E-state index in [0.717, 1.165) is 97.5 Å². The number of aliphatic imine (C=N–C) groups is 1. The molecule has 19 nitrogen and oxygen atoms in total. The van der Waals surface area contributed by atoms with E-state index in [1.54, 1.807) is 20.2 Å². The van der Waals surface area contributed by atoms with Crippen LogP contribution in [-0.2, 0) is 89.3 Å². The van der Waals surface area contributed by atoms with Crippen molar-refractivity contribution in [3.8, 4) is 0 Å². The maximum Gasteiger partial charge on any atom is 0.354 e. The molecule has 9 rings (SSSR count). The van der Waals surface area contributed by atoms with Crippen molar-refractivity contribution in [3.05, 3.63) is 80.2 Å². The second kappa shape index (κ2) is 17.7. The number of carbonyl (C=O) groups excluding carboxylic acids is 3. The number of anilines is 1. The number of isocyanates is 1. The second-order valence-corrected chi connectivity index (χ2v) is 18.7. The maximum atomic E-state index is 12.7. The SMILES string of the molecule is CN1CCn2nc(S(N)(=O)=O)cc2C1=O.CNCCn1nc(S(=O)(=O)NC(=O)Nc2c3c(cc4c2CCC4)CCC3)cc1C(=O)O.O=C=Nc1c2c(cc3c1CCC3)CCC2. The van der Waals surface area contributed by atoms with E-state index in [2.05, 4.69) is 38.0 Å². The van der Waals surface area contributed by atoms with E-state index in [4.69, 9.17) is 5.14 Å². The van der Waals surface area contributed by atoms with Crippen LogP contribution in [-0.4, -0.2) is 97.6 Å². The number of urea groups is 1. The quantitative estimate of drug-likeness (QED) is 0.120. The molecule has 61 heavy (non-hydrogen) atoms. The molecule has 0 radical (unpaired) electrons. The number of fused-ring (bicyclic) bond motifs is 5. The van der Waals surface area contributed by atoms with Crippen molar-refractivity contribution in [2.24, 2.45) is 10.1 Å². The Morgan fingerprint density at radius 3 is 1.90 bits per heavy atom. The Morgan fingerprint density at radius 2 is 1.38 bits per heavy atom. The first kappa shape index (κ1) is 43.4. The fourth-order valence-electron chi connectivity index (χ4n) is 8.75. The molecule has 0 saturated heterocycles. The van der Waals surface area contributed by atoms with Crippen molar-refractivity contribution < 1.29 is 41.1 Å². The van der Waals surface area contributed by atoms with Crippen LogP contribution >= 0.6 is 0 Å². The number of aryl methyl sites for hydroxylation is 4. The number of primary sulfonamides is 1. The highest BCUT2D eigenvalue weighted by atomic mass is 32.2. The van der Waals surface area contributed by atoms with Gasteiger partial charge in [-0.2, -0.15) is 23.6 Å². The maximum absolute atomic E-state index is 12.7. The van der Waals surface area contributed by atoms with E-state index in [1.165, 1.54) is 61.9 Å². The monoisotopic (exact) mass is 876 g/mol. The standard InChI is InChI=1S/C20H25N5O5S.C13H13NO.C7H10N4O3S/c1-21-8-9-25-16(19(26)27)11-17(23-25)31(29,30)24-20(28)22-18-14-6-2-4-12(14)10-13-5-3-7-15(13)18;15-8-14-13-11-5-1-3-9(11)7-10-4-2-6-12(10)13;1-10-2-3-11-5(7(10)12)4-6(9-11)15(8,13)14/h10-11,21H,2-9H2,1H3,(H,26,27)(H2,22,24,28);7H,1-6H2;4H,2-3H2,1H3,(H2,8,13,14). The number of benzene rings is 2. The first-order valence-corrected chi connectivity index (χ1v) is 23.2. The van der Waals surface area contributed by atoms with E-state index in [9.17, 15) is 41.1 Å². The van der Waals surface area contributed by atoms with Crippen LogP contribution in [0.2, 0.25) is 0 Å². The molecule has 3 amide bonds. The molecule has 21 heteroatoms. The fraction of sp³-hybridized carbons (Fsp3) is 0.450. The minimum atomic E-state index is -4.35. The Labute approximate surface area is 352 Å². The van der Waals surface area contributed by atoms with Crippen LogP contribution in [0.15, 0.2) is 39.3 Å². The van der Waals surface area contributed by atoms with E-state index in [0.29, 0.717) is 19.6 Å². The molecule has 0 fully saturated rings. The van der Waals surface area contributed by atoms with Crippen molar-refractivity contribution in [3.63, 3.8) is 0 Å². The summed E-state index contributed by atoms with van der Waals surface area (Å²) in [4.78, 5) is 51.6. The van der Waals surface area contributed by atoms with Gasteiger partial charge in [0, 0.05) is 38.0 Å². The van der Waals surface area contributed by atoms with Crippen molar-refractivity contribution in [2.75, 3.05) is 32.5 Å². The van der Waals surface area contributed by atoms with Gasteiger partial charge in [0.15, 0.2) is 10.1 Å². The lowest BCUT2D eigenvalue weighted by molar-refractivity contribution is 0.0681. The highest BCUT2D eigenvalue weighted by molar-refractivity contribution is 7.90. The molecule has 0 bridgehead atoms. The van der Waals surface area contributed by atoms with Crippen LogP contribution < -0.4 is 20.5 Å². The summed E-state index contributed by atoms with van der Waals surface area (Å²) in [7, 11) is -4.85. The Kier molecular flexibility index (Phi) is 12.6. The van der Waals surface area contributed by atoms with Crippen LogP contribution in [0.3, 0.4) is 0 Å². The molecule has 324 valence electrons. The third-order valence-electron chi connectivity index (χ3n) is 11.6. The van der Waals surface area contributed by atoms with Crippen LogP contribution in [0, 0.1) is 0 Å². The summed E-state index contributed by atoms with van der Waals surface area (Å²) in [6.07, 6.45) is 14.3. The second-order valence-electron chi connectivity index (χ2n) is 15.6. The molecule has 2 aromatic carbocycles. The van der Waals surface area contributed by atoms with Gasteiger partial charge < -0.3 is 20.6 Å². The molecule has 0 atom stereocenters. The molecule has 4 aliphatic carbocycles. The third-order valence-corrected chi connectivity index (χ3v) is 13.6. The van der Waals surface area contributed by atoms with Gasteiger partial charge in [-0.3, -0.25) is 14.2 Å². The van der Waals surface area contributed by atoms with Gasteiger partial charge in [0.05, 0.1) is 18.8 Å². The van der Waals surface area contributed by atoms with Crippen molar-refractivity contribution >= 4 is 55.4 Å². The van der Waals surface area contributed by atoms with E-state index < -0.39 is 37.1 Å². The van der Waals surface area contributed by atoms with Crippen LogP contribution in [0.25, 0.3) is 0 Å². The summed E-state index contributed by atoms with van der Waals surface area (Å²) in [5.74, 6) is -1.55. The van der Waals surface area contributed by atoms with Crippen LogP contribution in [0.5, 0.6) is 0 Å². The minimum absolute atomic E-state index is 0.169. The van der Waals surface area contributed by atoms with E-state index in [-0.39, 0.29) is 28.9 Å². The topological polar surface area (TPSA) is 270 Å². The minimum Gasteiger partial charge on any atom is -0.477 e. The summed E-state index contributed by atoms with van der Waals surface area (Å²) >= 11 is 0. The zero-order valence-corrected chi connectivity index (χ0v) is 35.5. The molecule has 6 N–H and O–H groups in total. The molecular weight excluding hydrogens is 829 g/mol. The predicted octanol–water partition coefficient (Wildman–Crippen LogP) is 2.54. The molecule has 0 unspecified atom stereocenters. The molecule has 4 aromatic rings. The number of amides is 3. The van der Waals surface area contributed by atoms with Crippen molar-refractivity contribution in [2.45, 2.75) is 100 Å². The molecule has 2 aromatic heterocycles. The zero-order valence-electron chi connectivity index (χ0n) is 33.9. The highest BCUT2D eigenvalue weighted by Crippen LogP contribution is 2.40. The number of nitrogens with one attached hydrogen (secondary N) is 3. The number of hydrogen-bond donors (Lipinski definition) is 5. The largest absolute Gasteiger partial charge is 0.477 e. The average Bonchev–Trinajstić information content (AvgIpc) is 4.06. The Hall–Kier alpha value is -5.73. The van der Waals surface area contributed by atoms with Gasteiger partial charge >= 0.3 is 12.0 Å². The molecule has 0 spiro atoms. The number of carboxylic acid groups (broad SMARTS) is 1. The van der Waals surface area contributed by atoms with Gasteiger partial charge in [-0.15, -0.1) is 0 Å². The molecule has 1 aliphatic heterocycles. The number of sulfonamides is 2. The van der Waals surface area contributed by atoms with Crippen LogP contribution in [0.4, 0.5) is 16.2 Å². The van der Waals surface area contributed by atoms with E-state index >= 15 is 0 Å². The summed E-state index contributed by atoms with van der Waals surface area (Å²) in [5, 5.41) is 26.7. The third kappa shape index (κ3) is 9.15. The number of hydrogen-bond acceptors (Lipinski definition) is 12. The first-order chi connectivity index (χ1) is 29.1. The number of likely N-dealkylation sites (N-methyl/N-ethyl adjacent to an activating group) is 2. The highest BCUT2D eigenvalue weighted by Gasteiger charge is 2.30. The first-order valence-electron chi connectivity index (χ1n) is 20.2. The van der Waals surface area contributed by atoms with Gasteiger partial charge in [-0.1, -0.05) is 12.1 Å². The summed E-state index contributed by atoms with van der Waals surface area (Å²) in [5.41, 5.74) is 11.8. The summed E-state index contributed by atoms with van der Waals surface area (Å²) in [6, 6.07) is 5.83. The van der Waals surface area contributed by atoms with Gasteiger partial charge in [0.1, 0.15) is 11.4 Å².